The van der Waals surface area contributed by atoms with Gasteiger partial charge in [-0.2, -0.15) is 0 Å². The number of guanidine groups is 1. The monoisotopic (exact) mass is 399 g/mol. The quantitative estimate of drug-likeness (QED) is 0.402. The van der Waals surface area contributed by atoms with E-state index in [1.54, 1.807) is 11.9 Å². The zero-order valence-electron chi connectivity index (χ0n) is 17.3. The molecule has 0 saturated carbocycles. The van der Waals surface area contributed by atoms with Gasteiger partial charge in [-0.05, 0) is 25.0 Å². The van der Waals surface area contributed by atoms with Crippen LogP contribution in [-0.4, -0.2) is 43.8 Å². The fourth-order valence-corrected chi connectivity index (χ4v) is 3.37. The molecule has 0 spiro atoms. The second-order valence-corrected chi connectivity index (χ2v) is 6.75. The van der Waals surface area contributed by atoms with Crippen LogP contribution in [0.4, 0.5) is 5.69 Å². The summed E-state index contributed by atoms with van der Waals surface area (Å²) < 4.78 is 10.9. The number of aryl methyl sites for hydroxylation is 2. The van der Waals surface area contributed by atoms with Crippen molar-refractivity contribution in [3.05, 3.63) is 41.3 Å². The van der Waals surface area contributed by atoms with Gasteiger partial charge in [-0.1, -0.05) is 31.1 Å². The molecule has 1 aromatic heterocycles. The largest absolute Gasteiger partial charge is 0.482 e. The summed E-state index contributed by atoms with van der Waals surface area (Å²) in [5.74, 6) is 2.36. The minimum Gasteiger partial charge on any atom is -0.482 e. The molecule has 1 aliphatic rings. The lowest BCUT2D eigenvalue weighted by Crippen LogP contribution is -2.42. The fraction of sp³-hybridized carbons (Fsp3) is 0.476. The Morgan fingerprint density at radius 2 is 2.07 bits per heavy atom. The Morgan fingerprint density at radius 3 is 2.83 bits per heavy atom. The highest BCUT2D eigenvalue weighted by atomic mass is 16.5. The van der Waals surface area contributed by atoms with Crippen LogP contribution >= 0.6 is 0 Å². The summed E-state index contributed by atoms with van der Waals surface area (Å²) in [7, 11) is 1.74. The molecule has 0 aliphatic carbocycles. The maximum atomic E-state index is 12.2. The Morgan fingerprint density at radius 1 is 1.24 bits per heavy atom. The van der Waals surface area contributed by atoms with Crippen molar-refractivity contribution < 1.29 is 14.1 Å². The Hall–Kier alpha value is -3.03. The maximum Gasteiger partial charge on any atom is 0.265 e. The van der Waals surface area contributed by atoms with Gasteiger partial charge >= 0.3 is 0 Å². The van der Waals surface area contributed by atoms with Crippen LogP contribution in [0.5, 0.6) is 5.75 Å². The van der Waals surface area contributed by atoms with Crippen LogP contribution in [0.1, 0.15) is 37.3 Å². The maximum absolute atomic E-state index is 12.2. The Balaban J connectivity index is 1.49. The van der Waals surface area contributed by atoms with E-state index in [0.717, 1.165) is 47.7 Å². The number of hydrogen-bond acceptors (Lipinski definition) is 5. The van der Waals surface area contributed by atoms with Crippen molar-refractivity contribution in [3.63, 3.8) is 0 Å². The molecule has 2 heterocycles. The molecule has 0 saturated heterocycles. The molecule has 8 nitrogen and oxygen atoms in total. The number of carbonyl (C=O) groups is 1. The van der Waals surface area contributed by atoms with Gasteiger partial charge in [0.2, 0.25) is 0 Å². The molecule has 0 bridgehead atoms. The van der Waals surface area contributed by atoms with Crippen molar-refractivity contribution >= 4 is 17.6 Å². The lowest BCUT2D eigenvalue weighted by Gasteiger charge is -2.29. The number of aromatic nitrogens is 1. The summed E-state index contributed by atoms with van der Waals surface area (Å²) in [5.41, 5.74) is 2.92. The molecule has 156 valence electrons. The molecule has 1 amide bonds. The van der Waals surface area contributed by atoms with Gasteiger partial charge in [0, 0.05) is 38.7 Å². The van der Waals surface area contributed by atoms with Crippen molar-refractivity contribution in [1.29, 1.82) is 0 Å². The molecule has 1 aliphatic heterocycles. The number of nitrogens with one attached hydrogen (secondary N) is 2. The van der Waals surface area contributed by atoms with Crippen LogP contribution in [0.3, 0.4) is 0 Å². The predicted octanol–water partition coefficient (Wildman–Crippen LogP) is 2.28. The molecule has 1 aromatic carbocycles. The lowest BCUT2D eigenvalue weighted by atomic mass is 10.1. The van der Waals surface area contributed by atoms with Gasteiger partial charge < -0.3 is 24.8 Å². The molecule has 2 N–H and O–H groups in total. The third kappa shape index (κ3) is 4.88. The van der Waals surface area contributed by atoms with E-state index in [2.05, 4.69) is 34.6 Å². The highest BCUT2D eigenvalue weighted by molar-refractivity contribution is 5.97. The first-order valence-corrected chi connectivity index (χ1v) is 10.1. The third-order valence-corrected chi connectivity index (χ3v) is 4.92. The van der Waals surface area contributed by atoms with Crippen molar-refractivity contribution in [2.75, 3.05) is 31.6 Å². The number of rotatable bonds is 8. The van der Waals surface area contributed by atoms with Crippen LogP contribution in [0.2, 0.25) is 0 Å². The molecular formula is C21H29N5O3. The normalized spacial score (nSPS) is 13.8. The van der Waals surface area contributed by atoms with Crippen molar-refractivity contribution in [1.82, 2.24) is 15.8 Å². The standard InChI is InChI=1S/C21H29N5O3/c1-4-16-15(18(5-2)29-25-16)13-24-21(22-3)23-11-8-12-26-17-9-6-7-10-19(17)28-14-20(26)27/h6-7,9-10H,4-5,8,11-14H2,1-3H3,(H2,22,23,24). The summed E-state index contributed by atoms with van der Waals surface area (Å²) in [4.78, 5) is 18.3. The summed E-state index contributed by atoms with van der Waals surface area (Å²) in [6.07, 6.45) is 2.43. The number of anilines is 1. The van der Waals surface area contributed by atoms with E-state index in [-0.39, 0.29) is 12.5 Å². The van der Waals surface area contributed by atoms with Crippen molar-refractivity contribution in [3.8, 4) is 5.75 Å². The Kier molecular flexibility index (Phi) is 7.10. The summed E-state index contributed by atoms with van der Waals surface area (Å²) in [6.45, 7) is 6.14. The van der Waals surface area contributed by atoms with Gasteiger partial charge in [-0.15, -0.1) is 0 Å². The number of nitrogens with zero attached hydrogens (tertiary/aromatic N) is 3. The Labute approximate surface area is 171 Å². The number of para-hydroxylation sites is 2. The van der Waals surface area contributed by atoms with E-state index in [1.807, 2.05) is 24.3 Å². The molecule has 8 heteroatoms. The first-order chi connectivity index (χ1) is 14.2. The zero-order chi connectivity index (χ0) is 20.6. The van der Waals surface area contributed by atoms with Gasteiger partial charge in [0.1, 0.15) is 11.5 Å². The molecule has 0 unspecified atom stereocenters. The van der Waals surface area contributed by atoms with Crippen LogP contribution in [-0.2, 0) is 24.2 Å². The summed E-state index contributed by atoms with van der Waals surface area (Å²) >= 11 is 0. The molecular weight excluding hydrogens is 370 g/mol. The fourth-order valence-electron chi connectivity index (χ4n) is 3.37. The topological polar surface area (TPSA) is 92.0 Å². The minimum absolute atomic E-state index is 0.0159. The van der Waals surface area contributed by atoms with Crippen LogP contribution in [0, 0.1) is 0 Å². The van der Waals surface area contributed by atoms with Crippen molar-refractivity contribution in [2.24, 2.45) is 4.99 Å². The smallest absolute Gasteiger partial charge is 0.265 e. The van der Waals surface area contributed by atoms with Crippen LogP contribution in [0.15, 0.2) is 33.8 Å². The number of benzene rings is 1. The van der Waals surface area contributed by atoms with E-state index < -0.39 is 0 Å². The van der Waals surface area contributed by atoms with Crippen LogP contribution in [0.25, 0.3) is 0 Å². The summed E-state index contributed by atoms with van der Waals surface area (Å²) in [5, 5.41) is 10.8. The molecule has 29 heavy (non-hydrogen) atoms. The second kappa shape index (κ2) is 9.95. The van der Waals surface area contributed by atoms with Gasteiger partial charge in [-0.3, -0.25) is 9.79 Å². The average molecular weight is 399 g/mol. The van der Waals surface area contributed by atoms with Gasteiger partial charge in [0.15, 0.2) is 12.6 Å². The second-order valence-electron chi connectivity index (χ2n) is 6.75. The molecule has 0 atom stereocenters. The van der Waals surface area contributed by atoms with E-state index in [1.165, 1.54) is 0 Å². The molecule has 0 radical (unpaired) electrons. The van der Waals surface area contributed by atoms with Gasteiger partial charge in [0.05, 0.1) is 11.4 Å². The summed E-state index contributed by atoms with van der Waals surface area (Å²) in [6, 6.07) is 7.62. The van der Waals surface area contributed by atoms with Crippen molar-refractivity contribution in [2.45, 2.75) is 39.7 Å². The Bertz CT molecular complexity index is 840. The average Bonchev–Trinajstić information content (AvgIpc) is 3.16. The van der Waals surface area contributed by atoms with E-state index in [4.69, 9.17) is 9.26 Å². The SMILES string of the molecule is CCc1noc(CC)c1CNC(=NC)NCCCN1C(=O)COc2ccccc21. The number of carbonyl (C=O) groups excluding carboxylic acids is 1. The van der Waals surface area contributed by atoms with Gasteiger partial charge in [0.25, 0.3) is 5.91 Å². The number of fused-ring (bicyclic) bond motifs is 1. The number of ether oxygens (including phenoxy) is 1. The van der Waals surface area contributed by atoms with E-state index >= 15 is 0 Å². The highest BCUT2D eigenvalue weighted by Gasteiger charge is 2.24. The van der Waals surface area contributed by atoms with Crippen LogP contribution < -0.4 is 20.3 Å². The first kappa shape index (κ1) is 20.7. The molecule has 3 rings (SSSR count). The molecule has 0 fully saturated rings. The molecule has 2 aromatic rings. The first-order valence-electron chi connectivity index (χ1n) is 10.1. The highest BCUT2D eigenvalue weighted by Crippen LogP contribution is 2.31. The number of amides is 1. The number of aliphatic imine (C=N–C) groups is 1. The van der Waals surface area contributed by atoms with E-state index in [9.17, 15) is 4.79 Å². The predicted molar refractivity (Wildman–Crippen MR) is 112 cm³/mol. The number of hydrogen-bond donors (Lipinski definition) is 2. The van der Waals surface area contributed by atoms with E-state index in [0.29, 0.717) is 25.6 Å². The lowest BCUT2D eigenvalue weighted by molar-refractivity contribution is -0.121. The minimum atomic E-state index is -0.0159. The van der Waals surface area contributed by atoms with Gasteiger partial charge in [-0.25, -0.2) is 0 Å². The zero-order valence-corrected chi connectivity index (χ0v) is 17.3. The third-order valence-electron chi connectivity index (χ3n) is 4.92.